The molecule has 0 amide bonds. The number of fused-ring (bicyclic) bond motifs is 2. The summed E-state index contributed by atoms with van der Waals surface area (Å²) in [6, 6.07) is 7.03. The third kappa shape index (κ3) is 1.82. The minimum atomic E-state index is 1.41. The molecule has 0 spiro atoms. The van der Waals surface area contributed by atoms with Crippen molar-refractivity contribution in [2.45, 2.75) is 20.8 Å². The van der Waals surface area contributed by atoms with Gasteiger partial charge in [-0.3, -0.25) is 0 Å². The van der Waals surface area contributed by atoms with Crippen LogP contribution in [0.3, 0.4) is 0 Å². The van der Waals surface area contributed by atoms with Crippen LogP contribution in [-0.4, -0.2) is 0 Å². The first-order chi connectivity index (χ1) is 9.11. The molecule has 19 heavy (non-hydrogen) atoms. The number of rotatable bonds is 1. The Hall–Kier alpha value is -0.680. The Morgan fingerprint density at radius 1 is 0.684 bits per heavy atom. The summed E-state index contributed by atoms with van der Waals surface area (Å²) < 4.78 is 5.79. The first-order valence-corrected chi connectivity index (χ1v) is 9.38. The molecule has 0 aliphatic heterocycles. The van der Waals surface area contributed by atoms with Crippen LogP contribution < -0.4 is 0 Å². The maximum absolute atomic E-state index is 2.37. The van der Waals surface area contributed by atoms with E-state index in [1.165, 1.54) is 43.9 Å². The van der Waals surface area contributed by atoms with Gasteiger partial charge in [0.15, 0.2) is 0 Å². The molecule has 0 atom stereocenters. The van der Waals surface area contributed by atoms with Crippen molar-refractivity contribution in [2.24, 2.45) is 0 Å². The summed E-state index contributed by atoms with van der Waals surface area (Å²) in [7, 11) is 0. The van der Waals surface area contributed by atoms with Crippen LogP contribution in [0.1, 0.15) is 15.3 Å². The Bertz CT molecular complexity index is 866. The van der Waals surface area contributed by atoms with Gasteiger partial charge >= 0.3 is 0 Å². The quantitative estimate of drug-likeness (QED) is 0.360. The van der Waals surface area contributed by atoms with Crippen molar-refractivity contribution < 1.29 is 0 Å². The largest absolute Gasteiger partial charge is 0.140 e. The average Bonchev–Trinajstić information content (AvgIpc) is 3.02. The van der Waals surface area contributed by atoms with Crippen LogP contribution in [0.25, 0.3) is 28.6 Å². The van der Waals surface area contributed by atoms with E-state index in [1.54, 1.807) is 0 Å². The second-order valence-corrected chi connectivity index (χ2v) is 9.46. The maximum atomic E-state index is 2.37. The minimum Gasteiger partial charge on any atom is -0.140 e. The second kappa shape index (κ2) is 4.16. The maximum Gasteiger partial charge on any atom is 0.0489 e. The Morgan fingerprint density at radius 2 is 1.37 bits per heavy atom. The average molecular weight is 321 g/mol. The van der Waals surface area contributed by atoms with Gasteiger partial charge in [-0.25, -0.2) is 0 Å². The molecule has 0 bridgehead atoms. The molecule has 4 aromatic rings. The third-order valence-electron chi connectivity index (χ3n) is 3.40. The van der Waals surface area contributed by atoms with Crippen LogP contribution in [-0.2, 0) is 0 Å². The SMILES string of the molecule is Cc1cc2sc(-c3cc4sc(C)c(C)c4s3)cc2s1. The van der Waals surface area contributed by atoms with E-state index < -0.39 is 0 Å². The summed E-state index contributed by atoms with van der Waals surface area (Å²) in [5.41, 5.74) is 1.46. The lowest BCUT2D eigenvalue weighted by Gasteiger charge is -1.90. The van der Waals surface area contributed by atoms with E-state index in [2.05, 4.69) is 39.0 Å². The van der Waals surface area contributed by atoms with Crippen molar-refractivity contribution in [1.82, 2.24) is 0 Å². The zero-order valence-electron chi connectivity index (χ0n) is 10.9. The van der Waals surface area contributed by atoms with Crippen LogP contribution >= 0.6 is 45.3 Å². The van der Waals surface area contributed by atoms with Crippen LogP contribution in [0, 0.1) is 20.8 Å². The third-order valence-corrected chi connectivity index (χ3v) is 8.35. The molecule has 4 heterocycles. The molecule has 0 N–H and O–H groups in total. The molecule has 0 nitrogen and oxygen atoms in total. The van der Waals surface area contributed by atoms with Gasteiger partial charge in [0.05, 0.1) is 0 Å². The topological polar surface area (TPSA) is 0 Å². The Morgan fingerprint density at radius 3 is 2.11 bits per heavy atom. The molecule has 0 aliphatic carbocycles. The van der Waals surface area contributed by atoms with Crippen molar-refractivity contribution in [3.63, 3.8) is 0 Å². The molecule has 0 unspecified atom stereocenters. The van der Waals surface area contributed by atoms with E-state index in [4.69, 9.17) is 0 Å². The van der Waals surface area contributed by atoms with Gasteiger partial charge in [0, 0.05) is 38.3 Å². The smallest absolute Gasteiger partial charge is 0.0489 e. The van der Waals surface area contributed by atoms with E-state index in [0.29, 0.717) is 0 Å². The van der Waals surface area contributed by atoms with Crippen LogP contribution in [0.4, 0.5) is 0 Å². The summed E-state index contributed by atoms with van der Waals surface area (Å²) >= 11 is 7.69. The minimum absolute atomic E-state index is 1.41. The standard InChI is InChI=1S/C15H12S4/c1-7-4-10-11(16-7)5-12(18-10)13-6-14-15(19-13)8(2)9(3)17-14/h4-6H,1-3H3. The summed E-state index contributed by atoms with van der Waals surface area (Å²) in [6.45, 7) is 6.64. The van der Waals surface area contributed by atoms with Gasteiger partial charge in [-0.05, 0) is 44.5 Å². The van der Waals surface area contributed by atoms with Gasteiger partial charge in [-0.2, -0.15) is 0 Å². The highest BCUT2D eigenvalue weighted by atomic mass is 32.1. The number of aryl methyl sites for hydroxylation is 3. The number of hydrogen-bond acceptors (Lipinski definition) is 4. The zero-order valence-corrected chi connectivity index (χ0v) is 14.1. The normalized spacial score (nSPS) is 11.9. The molecule has 0 radical (unpaired) electrons. The molecule has 0 saturated carbocycles. The number of thiophene rings is 4. The fraction of sp³-hybridized carbons (Fsp3) is 0.200. The lowest BCUT2D eigenvalue weighted by atomic mass is 10.3. The van der Waals surface area contributed by atoms with Crippen LogP contribution in [0.5, 0.6) is 0 Å². The first-order valence-electron chi connectivity index (χ1n) is 6.12. The van der Waals surface area contributed by atoms with Crippen molar-refractivity contribution in [3.8, 4) is 9.75 Å². The van der Waals surface area contributed by atoms with Gasteiger partial charge in [-0.15, -0.1) is 45.3 Å². The highest BCUT2D eigenvalue weighted by molar-refractivity contribution is 7.34. The monoisotopic (exact) mass is 320 g/mol. The highest BCUT2D eigenvalue weighted by Crippen LogP contribution is 2.45. The van der Waals surface area contributed by atoms with E-state index in [1.807, 2.05) is 45.3 Å². The molecule has 0 aromatic carbocycles. The van der Waals surface area contributed by atoms with Crippen molar-refractivity contribution in [1.29, 1.82) is 0 Å². The summed E-state index contributed by atoms with van der Waals surface area (Å²) in [5, 5.41) is 0. The van der Waals surface area contributed by atoms with E-state index in [-0.39, 0.29) is 0 Å². The van der Waals surface area contributed by atoms with Gasteiger partial charge in [-0.1, -0.05) is 0 Å². The molecule has 0 aliphatic rings. The molecular formula is C15H12S4. The highest BCUT2D eigenvalue weighted by Gasteiger charge is 2.13. The lowest BCUT2D eigenvalue weighted by molar-refractivity contribution is 1.48. The fourth-order valence-electron chi connectivity index (χ4n) is 2.31. The molecule has 0 fully saturated rings. The van der Waals surface area contributed by atoms with Crippen molar-refractivity contribution in [3.05, 3.63) is 33.5 Å². The van der Waals surface area contributed by atoms with Crippen molar-refractivity contribution in [2.75, 3.05) is 0 Å². The van der Waals surface area contributed by atoms with E-state index >= 15 is 0 Å². The fourth-order valence-corrected chi connectivity index (χ4v) is 7.21. The van der Waals surface area contributed by atoms with Gasteiger partial charge in [0.25, 0.3) is 0 Å². The predicted octanol–water partition coefficient (Wildman–Crippen LogP) is 6.83. The molecule has 0 saturated heterocycles. The summed E-state index contributed by atoms with van der Waals surface area (Å²) in [6.07, 6.45) is 0. The molecular weight excluding hydrogens is 308 g/mol. The summed E-state index contributed by atoms with van der Waals surface area (Å²) in [4.78, 5) is 5.71. The van der Waals surface area contributed by atoms with Gasteiger partial charge < -0.3 is 0 Å². The van der Waals surface area contributed by atoms with Gasteiger partial charge in [0.2, 0.25) is 0 Å². The number of hydrogen-bond donors (Lipinski definition) is 0. The van der Waals surface area contributed by atoms with Crippen LogP contribution in [0.2, 0.25) is 0 Å². The zero-order chi connectivity index (χ0) is 13.1. The van der Waals surface area contributed by atoms with Crippen LogP contribution in [0.15, 0.2) is 18.2 Å². The molecule has 4 heteroatoms. The van der Waals surface area contributed by atoms with Gasteiger partial charge in [0.1, 0.15) is 0 Å². The molecule has 4 aromatic heterocycles. The van der Waals surface area contributed by atoms with E-state index in [0.717, 1.165) is 0 Å². The first kappa shape index (κ1) is 12.1. The Kier molecular flexibility index (Phi) is 2.64. The molecule has 4 rings (SSSR count). The lowest BCUT2D eigenvalue weighted by Crippen LogP contribution is -1.65. The molecule has 96 valence electrons. The van der Waals surface area contributed by atoms with Crippen molar-refractivity contribution >= 4 is 64.1 Å². The summed E-state index contributed by atoms with van der Waals surface area (Å²) in [5.74, 6) is 0. The Balaban J connectivity index is 1.90. The van der Waals surface area contributed by atoms with E-state index in [9.17, 15) is 0 Å². The Labute approximate surface area is 128 Å². The second-order valence-electron chi connectivity index (χ2n) is 4.78. The predicted molar refractivity (Wildman–Crippen MR) is 92.6 cm³/mol.